The molecule has 9 heteroatoms. The standard InChI is InChI=1S/C19H20ClN3O3S.Na/c1-22(2)9-4-8-21-19(26)23-14-7-6-12(20)11-13(14)16(18(23)25)17(24)15-5-3-10-27-15;/h3,5-7,10-11,24H,4,8-9H2,1-2H3,(H,21,26);/q;+1/p-1/b17-16-;/i17+2;. The van der Waals surface area contributed by atoms with Crippen LogP contribution in [-0.4, -0.2) is 44.0 Å². The van der Waals surface area contributed by atoms with Crippen LogP contribution < -0.4 is 44.9 Å². The molecule has 0 aliphatic carbocycles. The number of halogens is 1. The molecule has 2 aromatic rings. The van der Waals surface area contributed by atoms with E-state index >= 15 is 0 Å². The molecule has 0 saturated carbocycles. The maximum Gasteiger partial charge on any atom is 1.00 e. The van der Waals surface area contributed by atoms with Gasteiger partial charge < -0.3 is 15.3 Å². The first kappa shape index (κ1) is 22.9. The molecule has 0 saturated heterocycles. The fraction of sp³-hybridized carbons (Fsp3) is 0.263. The van der Waals surface area contributed by atoms with Crippen molar-refractivity contribution in [2.75, 3.05) is 32.1 Å². The minimum atomic E-state index is -0.629. The summed E-state index contributed by atoms with van der Waals surface area (Å²) in [6.07, 6.45) is 0.749. The predicted octanol–water partition coefficient (Wildman–Crippen LogP) is -0.358. The van der Waals surface area contributed by atoms with Gasteiger partial charge in [0.15, 0.2) is 0 Å². The molecule has 3 rings (SSSR count). The molecule has 3 amide bonds. The second kappa shape index (κ2) is 9.91. The summed E-state index contributed by atoms with van der Waals surface area (Å²) in [6, 6.07) is 7.58. The molecule has 0 atom stereocenters. The number of carbonyl (C=O) groups excluding carboxylic acids is 2. The van der Waals surface area contributed by atoms with Gasteiger partial charge in [-0.2, -0.15) is 0 Å². The van der Waals surface area contributed by atoms with Gasteiger partial charge in [0.05, 0.1) is 5.69 Å². The summed E-state index contributed by atoms with van der Waals surface area (Å²) >= 11 is 7.32. The van der Waals surface area contributed by atoms with Crippen LogP contribution in [0, 0.1) is 0 Å². The fourth-order valence-corrected chi connectivity index (χ4v) is 3.70. The van der Waals surface area contributed by atoms with Crippen molar-refractivity contribution in [3.05, 3.63) is 51.2 Å². The molecule has 1 aliphatic rings. The summed E-state index contributed by atoms with van der Waals surface area (Å²) in [5.74, 6) is -1.03. The van der Waals surface area contributed by atoms with E-state index in [0.717, 1.165) is 17.9 Å². The molecule has 2 heterocycles. The Hall–Kier alpha value is -1.35. The van der Waals surface area contributed by atoms with E-state index in [4.69, 9.17) is 11.6 Å². The maximum absolute atomic E-state index is 13.0. The van der Waals surface area contributed by atoms with Crippen molar-refractivity contribution in [3.63, 3.8) is 0 Å². The molecule has 142 valence electrons. The number of amides is 3. The third kappa shape index (κ3) is 4.79. The van der Waals surface area contributed by atoms with Crippen LogP contribution in [0.4, 0.5) is 10.5 Å². The van der Waals surface area contributed by atoms with Gasteiger partial charge in [-0.15, -0.1) is 11.3 Å². The Morgan fingerprint density at radius 1 is 1.36 bits per heavy atom. The van der Waals surface area contributed by atoms with Crippen molar-refractivity contribution in [1.29, 1.82) is 0 Å². The average Bonchev–Trinajstić information content (AvgIpc) is 3.23. The van der Waals surface area contributed by atoms with Crippen LogP contribution in [0.3, 0.4) is 0 Å². The average molecular weight is 430 g/mol. The number of hydrogen-bond acceptors (Lipinski definition) is 5. The Kier molecular flexibility index (Phi) is 8.12. The molecule has 6 nitrogen and oxygen atoms in total. The Balaban J connectivity index is 0.00000280. The van der Waals surface area contributed by atoms with Gasteiger partial charge in [-0.05, 0) is 56.7 Å². The van der Waals surface area contributed by atoms with Crippen molar-refractivity contribution >= 4 is 51.9 Å². The van der Waals surface area contributed by atoms with Gasteiger partial charge in [0.25, 0.3) is 5.91 Å². The van der Waals surface area contributed by atoms with Crippen molar-refractivity contribution in [3.8, 4) is 0 Å². The number of rotatable bonds is 5. The van der Waals surface area contributed by atoms with Gasteiger partial charge in [0.2, 0.25) is 0 Å². The summed E-state index contributed by atoms with van der Waals surface area (Å²) in [7, 11) is 3.90. The van der Waals surface area contributed by atoms with E-state index in [1.807, 2.05) is 19.0 Å². The van der Waals surface area contributed by atoms with Crippen LogP contribution >= 0.6 is 22.9 Å². The molecule has 28 heavy (non-hydrogen) atoms. The molecule has 1 N–H and O–H groups in total. The topological polar surface area (TPSA) is 75.7 Å². The summed E-state index contributed by atoms with van der Waals surface area (Å²) < 4.78 is 0. The van der Waals surface area contributed by atoms with Gasteiger partial charge in [-0.3, -0.25) is 4.79 Å². The SMILES string of the molecule is CN(C)CCCNC(=O)N1C(=O)/C(=[14C](\[O-])c2cccs2)c2cc(Cl)ccc21.[Na+]. The quantitative estimate of drug-likeness (QED) is 0.305. The second-order valence-corrected chi connectivity index (χ2v) is 7.76. The number of benzene rings is 1. The summed E-state index contributed by atoms with van der Waals surface area (Å²) in [5.41, 5.74) is 0.724. The Morgan fingerprint density at radius 3 is 2.75 bits per heavy atom. The zero-order chi connectivity index (χ0) is 19.6. The second-order valence-electron chi connectivity index (χ2n) is 6.37. The summed E-state index contributed by atoms with van der Waals surface area (Å²) in [5, 5.41) is 17.7. The van der Waals surface area contributed by atoms with Crippen LogP contribution in [0.5, 0.6) is 0 Å². The van der Waals surface area contributed by atoms with Crippen molar-refractivity contribution < 1.29 is 44.3 Å². The number of fused-ring (bicyclic) bond motifs is 1. The van der Waals surface area contributed by atoms with Gasteiger partial charge in [-0.25, -0.2) is 9.69 Å². The van der Waals surface area contributed by atoms with Crippen molar-refractivity contribution in [2.45, 2.75) is 6.42 Å². The van der Waals surface area contributed by atoms with E-state index in [1.54, 1.807) is 35.7 Å². The summed E-state index contributed by atoms with van der Waals surface area (Å²) in [4.78, 5) is 29.0. The molecule has 1 aromatic carbocycles. The maximum atomic E-state index is 13.0. The normalized spacial score (nSPS) is 14.7. The molecule has 0 radical (unpaired) electrons. The molecule has 0 bridgehead atoms. The number of imide groups is 1. The molecule has 0 spiro atoms. The van der Waals surface area contributed by atoms with Crippen LogP contribution in [0.25, 0.3) is 11.3 Å². The fourth-order valence-electron chi connectivity index (χ4n) is 2.86. The zero-order valence-electron chi connectivity index (χ0n) is 16.0. The minimum Gasteiger partial charge on any atom is -0.871 e. The van der Waals surface area contributed by atoms with E-state index in [9.17, 15) is 14.7 Å². The third-order valence-corrected chi connectivity index (χ3v) is 5.22. The first-order valence-corrected chi connectivity index (χ1v) is 9.68. The number of carbonyl (C=O) groups is 2. The molecule has 1 aliphatic heterocycles. The predicted molar refractivity (Wildman–Crippen MR) is 107 cm³/mol. The Bertz CT molecular complexity index is 900. The van der Waals surface area contributed by atoms with Crippen molar-refractivity contribution in [1.82, 2.24) is 10.2 Å². The first-order chi connectivity index (χ1) is 12.9. The van der Waals surface area contributed by atoms with Crippen LogP contribution in [0.15, 0.2) is 35.7 Å². The van der Waals surface area contributed by atoms with E-state index in [-0.39, 0.29) is 35.1 Å². The van der Waals surface area contributed by atoms with Gasteiger partial charge >= 0.3 is 35.6 Å². The number of thiophene rings is 1. The monoisotopic (exact) mass is 429 g/mol. The van der Waals surface area contributed by atoms with Crippen LogP contribution in [0.1, 0.15) is 16.9 Å². The third-order valence-electron chi connectivity index (χ3n) is 4.12. The molecule has 0 unspecified atom stereocenters. The van der Waals surface area contributed by atoms with E-state index in [1.165, 1.54) is 11.3 Å². The van der Waals surface area contributed by atoms with Gasteiger partial charge in [-0.1, -0.05) is 23.4 Å². The van der Waals surface area contributed by atoms with E-state index < -0.39 is 17.7 Å². The smallest absolute Gasteiger partial charge is 0.871 e. The molecular weight excluding hydrogens is 411 g/mol. The Morgan fingerprint density at radius 2 is 2.11 bits per heavy atom. The largest absolute Gasteiger partial charge is 1.00 e. The summed E-state index contributed by atoms with van der Waals surface area (Å²) in [6.45, 7) is 1.24. The molecule has 0 fully saturated rings. The van der Waals surface area contributed by atoms with E-state index in [0.29, 0.717) is 27.7 Å². The minimum absolute atomic E-state index is 0. The van der Waals surface area contributed by atoms with E-state index in [2.05, 4.69) is 5.32 Å². The molecule has 1 aromatic heterocycles. The zero-order valence-corrected chi connectivity index (χ0v) is 19.6. The number of nitrogens with zero attached hydrogens (tertiary/aromatic N) is 2. The van der Waals surface area contributed by atoms with Crippen LogP contribution in [0.2, 0.25) is 5.02 Å². The molecular formula is C19H19ClN3NaO3S. The van der Waals surface area contributed by atoms with Gasteiger partial charge in [0.1, 0.15) is 0 Å². The number of hydrogen-bond donors (Lipinski definition) is 1. The van der Waals surface area contributed by atoms with Gasteiger partial charge in [0, 0.05) is 27.6 Å². The number of anilines is 1. The first-order valence-electron chi connectivity index (χ1n) is 8.42. The van der Waals surface area contributed by atoms with Crippen LogP contribution in [-0.2, 0) is 4.79 Å². The number of urea groups is 1. The number of nitrogens with one attached hydrogen (secondary N) is 1. The Labute approximate surface area is 195 Å². The van der Waals surface area contributed by atoms with Crippen molar-refractivity contribution in [2.24, 2.45) is 0 Å².